The van der Waals surface area contributed by atoms with Gasteiger partial charge in [0, 0.05) is 12.2 Å². The van der Waals surface area contributed by atoms with Crippen LogP contribution in [0.4, 0.5) is 5.69 Å². The molecule has 4 N–H and O–H groups in total. The third-order valence-electron chi connectivity index (χ3n) is 1.84. The van der Waals surface area contributed by atoms with Gasteiger partial charge >= 0.3 is 0 Å². The minimum Gasteiger partial charge on any atom is -0.397 e. The SMILES string of the molecule is CNS(=O)(=O)c1sc(Cl)c(N)c1CCO. The van der Waals surface area contributed by atoms with Crippen LogP contribution in [-0.2, 0) is 16.4 Å². The van der Waals surface area contributed by atoms with Crippen LogP contribution in [0.1, 0.15) is 5.56 Å². The third-order valence-corrected chi connectivity index (χ3v) is 5.29. The highest BCUT2D eigenvalue weighted by Crippen LogP contribution is 2.38. The molecule has 1 heterocycles. The first kappa shape index (κ1) is 12.7. The fourth-order valence-electron chi connectivity index (χ4n) is 1.08. The van der Waals surface area contributed by atoms with Gasteiger partial charge < -0.3 is 10.8 Å². The van der Waals surface area contributed by atoms with Crippen molar-refractivity contribution in [3.63, 3.8) is 0 Å². The molecule has 1 aromatic rings. The molecule has 0 amide bonds. The molecule has 8 heteroatoms. The molecule has 0 aliphatic heterocycles. The predicted octanol–water partition coefficient (Wildman–Crippen LogP) is 0.427. The van der Waals surface area contributed by atoms with Crippen molar-refractivity contribution in [1.82, 2.24) is 4.72 Å². The Kier molecular flexibility index (Phi) is 3.96. The first-order valence-corrected chi connectivity index (χ1v) is 6.72. The highest BCUT2D eigenvalue weighted by molar-refractivity contribution is 7.91. The van der Waals surface area contributed by atoms with Crippen molar-refractivity contribution >= 4 is 38.6 Å². The summed E-state index contributed by atoms with van der Waals surface area (Å²) in [6.07, 6.45) is 0.172. The smallest absolute Gasteiger partial charge is 0.250 e. The van der Waals surface area contributed by atoms with Gasteiger partial charge in [-0.1, -0.05) is 11.6 Å². The van der Waals surface area contributed by atoms with Crippen molar-refractivity contribution < 1.29 is 13.5 Å². The molecule has 0 radical (unpaired) electrons. The molecule has 0 fully saturated rings. The lowest BCUT2D eigenvalue weighted by Gasteiger charge is -2.03. The Balaban J connectivity index is 3.36. The van der Waals surface area contributed by atoms with Crippen LogP contribution in [-0.4, -0.2) is 27.2 Å². The summed E-state index contributed by atoms with van der Waals surface area (Å²) in [6.45, 7) is -0.177. The number of nitrogens with two attached hydrogens (primary N) is 1. The molecule has 0 saturated carbocycles. The summed E-state index contributed by atoms with van der Waals surface area (Å²) in [6, 6.07) is 0. The second-order valence-electron chi connectivity index (χ2n) is 2.74. The predicted molar refractivity (Wildman–Crippen MR) is 60.8 cm³/mol. The Morgan fingerprint density at radius 3 is 2.67 bits per heavy atom. The summed E-state index contributed by atoms with van der Waals surface area (Å²) >= 11 is 6.64. The van der Waals surface area contributed by atoms with Crippen LogP contribution in [0.2, 0.25) is 4.34 Å². The van der Waals surface area contributed by atoms with Crippen molar-refractivity contribution in [2.75, 3.05) is 19.4 Å². The molecule has 1 aromatic heterocycles. The van der Waals surface area contributed by atoms with Gasteiger partial charge in [0.15, 0.2) is 0 Å². The van der Waals surface area contributed by atoms with E-state index in [0.29, 0.717) is 5.56 Å². The average molecular weight is 271 g/mol. The molecule has 0 atom stereocenters. The average Bonchev–Trinajstić information content (AvgIpc) is 2.47. The van der Waals surface area contributed by atoms with Gasteiger partial charge in [-0.25, -0.2) is 13.1 Å². The maximum atomic E-state index is 11.6. The van der Waals surface area contributed by atoms with Gasteiger partial charge in [-0.05, 0) is 13.5 Å². The van der Waals surface area contributed by atoms with Crippen molar-refractivity contribution in [1.29, 1.82) is 0 Å². The van der Waals surface area contributed by atoms with E-state index in [9.17, 15) is 8.42 Å². The number of hydrogen-bond donors (Lipinski definition) is 3. The van der Waals surface area contributed by atoms with Crippen molar-refractivity contribution in [2.24, 2.45) is 0 Å². The number of aliphatic hydroxyl groups excluding tert-OH is 1. The zero-order valence-electron chi connectivity index (χ0n) is 7.95. The van der Waals surface area contributed by atoms with Crippen LogP contribution in [0, 0.1) is 0 Å². The molecule has 1 rings (SSSR count). The summed E-state index contributed by atoms with van der Waals surface area (Å²) in [7, 11) is -2.25. The lowest BCUT2D eigenvalue weighted by Crippen LogP contribution is -2.19. The summed E-state index contributed by atoms with van der Waals surface area (Å²) in [5.41, 5.74) is 6.22. The molecular formula is C7H11ClN2O3S2. The van der Waals surface area contributed by atoms with E-state index < -0.39 is 10.0 Å². The molecule has 0 saturated heterocycles. The number of rotatable bonds is 4. The normalized spacial score (nSPS) is 11.9. The van der Waals surface area contributed by atoms with E-state index in [1.54, 1.807) is 0 Å². The van der Waals surface area contributed by atoms with Gasteiger partial charge in [-0.3, -0.25) is 0 Å². The number of halogens is 1. The quantitative estimate of drug-likeness (QED) is 0.740. The van der Waals surface area contributed by atoms with E-state index >= 15 is 0 Å². The fraction of sp³-hybridized carbons (Fsp3) is 0.429. The number of nitrogen functional groups attached to an aromatic ring is 1. The third kappa shape index (κ3) is 2.43. The molecule has 0 unspecified atom stereocenters. The standard InChI is InChI=1S/C7H11ClN2O3S2/c1-10-15(12,13)7-4(2-3-11)5(9)6(8)14-7/h10-11H,2-3,9H2,1H3. The maximum Gasteiger partial charge on any atom is 0.250 e. The molecule has 15 heavy (non-hydrogen) atoms. The number of anilines is 1. The van der Waals surface area contributed by atoms with Gasteiger partial charge in [0.05, 0.1) is 5.69 Å². The van der Waals surface area contributed by atoms with Crippen LogP contribution >= 0.6 is 22.9 Å². The summed E-state index contributed by atoms with van der Waals surface area (Å²) < 4.78 is 25.6. The van der Waals surface area contributed by atoms with Gasteiger partial charge in [0.1, 0.15) is 8.55 Å². The van der Waals surface area contributed by atoms with E-state index in [0.717, 1.165) is 11.3 Å². The second kappa shape index (κ2) is 4.67. The number of thiophene rings is 1. The monoisotopic (exact) mass is 270 g/mol. The molecule has 0 bridgehead atoms. The Morgan fingerprint density at radius 1 is 1.60 bits per heavy atom. The Labute approximate surface area is 96.9 Å². The van der Waals surface area contributed by atoms with E-state index in [1.807, 2.05) is 0 Å². The minimum atomic E-state index is -3.56. The summed E-state index contributed by atoms with van der Waals surface area (Å²) in [4.78, 5) is 0. The molecule has 0 spiro atoms. The lowest BCUT2D eigenvalue weighted by atomic mass is 10.2. The van der Waals surface area contributed by atoms with E-state index in [2.05, 4.69) is 4.72 Å². The van der Waals surface area contributed by atoms with Crippen molar-refractivity contribution in [3.05, 3.63) is 9.90 Å². The fourth-order valence-corrected chi connectivity index (χ4v) is 3.96. The highest BCUT2D eigenvalue weighted by atomic mass is 35.5. The largest absolute Gasteiger partial charge is 0.397 e. The number of aliphatic hydroxyl groups is 1. The Morgan fingerprint density at radius 2 is 2.20 bits per heavy atom. The van der Waals surface area contributed by atoms with Crippen molar-refractivity contribution in [3.8, 4) is 0 Å². The van der Waals surface area contributed by atoms with Crippen LogP contribution in [0.3, 0.4) is 0 Å². The number of nitrogens with one attached hydrogen (secondary N) is 1. The first-order valence-electron chi connectivity index (χ1n) is 4.05. The molecular weight excluding hydrogens is 260 g/mol. The molecule has 5 nitrogen and oxygen atoms in total. The van der Waals surface area contributed by atoms with Gasteiger partial charge in [0.25, 0.3) is 0 Å². The Bertz CT molecular complexity index is 455. The van der Waals surface area contributed by atoms with Crippen molar-refractivity contribution in [2.45, 2.75) is 10.6 Å². The van der Waals surface area contributed by atoms with Gasteiger partial charge in [-0.15, -0.1) is 11.3 Å². The summed E-state index contributed by atoms with van der Waals surface area (Å²) in [5, 5.41) is 8.81. The van der Waals surface area contributed by atoms with Gasteiger partial charge in [-0.2, -0.15) is 0 Å². The summed E-state index contributed by atoms with van der Waals surface area (Å²) in [5.74, 6) is 0. The molecule has 0 aliphatic carbocycles. The minimum absolute atomic E-state index is 0.0709. The van der Waals surface area contributed by atoms with Gasteiger partial charge in [0.2, 0.25) is 10.0 Å². The second-order valence-corrected chi connectivity index (χ2v) is 6.44. The van der Waals surface area contributed by atoms with Crippen LogP contribution < -0.4 is 10.5 Å². The van der Waals surface area contributed by atoms with E-state index in [4.69, 9.17) is 22.4 Å². The number of hydrogen-bond acceptors (Lipinski definition) is 5. The zero-order valence-corrected chi connectivity index (χ0v) is 10.3. The van der Waals surface area contributed by atoms with E-state index in [1.165, 1.54) is 7.05 Å². The highest BCUT2D eigenvalue weighted by Gasteiger charge is 2.23. The zero-order chi connectivity index (χ0) is 11.6. The van der Waals surface area contributed by atoms with Crippen LogP contribution in [0.5, 0.6) is 0 Å². The topological polar surface area (TPSA) is 92.4 Å². The number of sulfonamides is 1. The molecule has 0 aromatic carbocycles. The molecule has 86 valence electrons. The maximum absolute atomic E-state index is 11.6. The van der Waals surface area contributed by atoms with Crippen LogP contribution in [0.15, 0.2) is 4.21 Å². The van der Waals surface area contributed by atoms with Crippen LogP contribution in [0.25, 0.3) is 0 Å². The lowest BCUT2D eigenvalue weighted by molar-refractivity contribution is 0.299. The molecule has 0 aliphatic rings. The van der Waals surface area contributed by atoms with E-state index in [-0.39, 0.29) is 27.3 Å². The first-order chi connectivity index (χ1) is 6.94. The Hall–Kier alpha value is -0.340.